The van der Waals surface area contributed by atoms with Crippen LogP contribution >= 0.6 is 0 Å². The van der Waals surface area contributed by atoms with Crippen LogP contribution in [0.25, 0.3) is 5.52 Å². The highest BCUT2D eigenvalue weighted by molar-refractivity contribution is 7.07. The lowest BCUT2D eigenvalue weighted by molar-refractivity contribution is -0.0714. The van der Waals surface area contributed by atoms with E-state index in [9.17, 15) is 15.5 Å². The number of nitrogens with zero attached hydrogens (tertiary/aromatic N) is 4. The Bertz CT molecular complexity index is 1550. The molecule has 4 N–H and O–H groups in total. The Hall–Kier alpha value is -3.59. The van der Waals surface area contributed by atoms with Gasteiger partial charge in [0.15, 0.2) is 5.82 Å². The van der Waals surface area contributed by atoms with Gasteiger partial charge in [-0.05, 0) is 33.6 Å². The number of aliphatic hydroxyl groups excluding tert-OH is 2. The van der Waals surface area contributed by atoms with Gasteiger partial charge in [-0.1, -0.05) is 55.5 Å². The molecule has 10 heteroatoms. The molecule has 0 amide bonds. The van der Waals surface area contributed by atoms with E-state index >= 15 is 0 Å². The van der Waals surface area contributed by atoms with Crippen LogP contribution in [0.3, 0.4) is 0 Å². The summed E-state index contributed by atoms with van der Waals surface area (Å²) in [5.74, 6) is 0.274. The molecule has 3 aliphatic heterocycles. The number of rotatable bonds is 4. The van der Waals surface area contributed by atoms with E-state index < -0.39 is 32.2 Å². The molecular formula is C26H23N5O4Si. The number of aliphatic hydroxyl groups is 2. The molecule has 9 nitrogen and oxygen atoms in total. The van der Waals surface area contributed by atoms with Gasteiger partial charge in [-0.25, -0.2) is 9.50 Å². The van der Waals surface area contributed by atoms with Crippen molar-refractivity contribution in [3.8, 4) is 6.07 Å². The minimum absolute atomic E-state index is 0.177. The van der Waals surface area contributed by atoms with Gasteiger partial charge in [-0.2, -0.15) is 10.4 Å². The van der Waals surface area contributed by atoms with Gasteiger partial charge in [0.1, 0.15) is 36.2 Å². The molecule has 1 fully saturated rings. The second-order valence-electron chi connectivity index (χ2n) is 9.86. The number of aromatic nitrogens is 3. The summed E-state index contributed by atoms with van der Waals surface area (Å²) < 4.78 is 14.4. The predicted molar refractivity (Wildman–Crippen MR) is 132 cm³/mol. The largest absolute Gasteiger partial charge is 0.403 e. The second-order valence-corrected chi connectivity index (χ2v) is 13.6. The molecule has 2 aromatic carbocycles. The molecule has 180 valence electrons. The molecule has 4 aromatic rings. The quantitative estimate of drug-likeness (QED) is 0.343. The van der Waals surface area contributed by atoms with Crippen molar-refractivity contribution in [2.75, 3.05) is 12.3 Å². The normalized spacial score (nSPS) is 33.7. The molecule has 2 aromatic heterocycles. The van der Waals surface area contributed by atoms with Crippen molar-refractivity contribution in [3.05, 3.63) is 83.8 Å². The average Bonchev–Trinajstić information content (AvgIpc) is 3.44. The summed E-state index contributed by atoms with van der Waals surface area (Å²) in [6.45, 7) is 2.02. The predicted octanol–water partition coefficient (Wildman–Crippen LogP) is 0.316. The Morgan fingerprint density at radius 2 is 1.78 bits per heavy atom. The fourth-order valence-corrected chi connectivity index (χ4v) is 11.8. The number of nitrogens with two attached hydrogens (primary N) is 1. The summed E-state index contributed by atoms with van der Waals surface area (Å²) in [6, 6.07) is 22.1. The number of fused-ring (bicyclic) bond motifs is 8. The van der Waals surface area contributed by atoms with Crippen LogP contribution in [0, 0.1) is 11.3 Å². The summed E-state index contributed by atoms with van der Waals surface area (Å²) in [4.78, 5) is 3.98. The second kappa shape index (κ2) is 7.00. The van der Waals surface area contributed by atoms with E-state index in [-0.39, 0.29) is 17.5 Å². The van der Waals surface area contributed by atoms with Crippen LogP contribution in [0.2, 0.25) is 0 Å². The van der Waals surface area contributed by atoms with E-state index in [0.29, 0.717) is 11.2 Å². The van der Waals surface area contributed by atoms with Gasteiger partial charge in [-0.3, -0.25) is 0 Å². The zero-order valence-electron chi connectivity index (χ0n) is 19.4. The van der Waals surface area contributed by atoms with Gasteiger partial charge >= 0.3 is 0 Å². The van der Waals surface area contributed by atoms with Gasteiger partial charge < -0.3 is 25.1 Å². The topological polar surface area (TPSA) is 139 Å². The number of nitriles is 1. The number of hydrogen-bond acceptors (Lipinski definition) is 8. The molecule has 0 spiro atoms. The number of nitrogen functional groups attached to an aromatic ring is 1. The fourth-order valence-electron chi connectivity index (χ4n) is 6.53. The lowest BCUT2D eigenvalue weighted by Crippen LogP contribution is -2.90. The molecule has 3 aliphatic rings. The Morgan fingerprint density at radius 1 is 1.11 bits per heavy atom. The van der Waals surface area contributed by atoms with Crippen molar-refractivity contribution in [3.63, 3.8) is 0 Å². The molecule has 0 radical (unpaired) electrons. The lowest BCUT2D eigenvalue weighted by Gasteiger charge is -2.65. The monoisotopic (exact) mass is 497 g/mol. The van der Waals surface area contributed by atoms with Crippen molar-refractivity contribution >= 4 is 30.0 Å². The zero-order chi connectivity index (χ0) is 24.9. The van der Waals surface area contributed by atoms with Gasteiger partial charge in [0, 0.05) is 5.04 Å². The third-order valence-electron chi connectivity index (χ3n) is 8.34. The molecule has 4 atom stereocenters. The maximum absolute atomic E-state index is 11.1. The van der Waals surface area contributed by atoms with E-state index in [1.165, 1.54) is 32.3 Å². The van der Waals surface area contributed by atoms with Crippen molar-refractivity contribution in [1.82, 2.24) is 14.6 Å². The number of ether oxygens (including phenoxy) is 1. The highest BCUT2D eigenvalue weighted by Crippen LogP contribution is 2.55. The summed E-state index contributed by atoms with van der Waals surface area (Å²) in [5.41, 5.74) is 7.67. The van der Waals surface area contributed by atoms with Gasteiger partial charge in [0.05, 0.1) is 12.3 Å². The van der Waals surface area contributed by atoms with E-state index in [1.807, 2.05) is 24.3 Å². The summed E-state index contributed by atoms with van der Waals surface area (Å²) >= 11 is 0. The van der Waals surface area contributed by atoms with Crippen molar-refractivity contribution in [2.45, 2.75) is 35.9 Å². The van der Waals surface area contributed by atoms with Crippen LogP contribution < -0.4 is 16.1 Å². The molecule has 0 aliphatic carbocycles. The summed E-state index contributed by atoms with van der Waals surface area (Å²) in [6.07, 6.45) is -2.55. The number of benzene rings is 2. The Morgan fingerprint density at radius 3 is 2.44 bits per heavy atom. The van der Waals surface area contributed by atoms with Gasteiger partial charge in [0.25, 0.3) is 8.32 Å². The molecule has 0 bridgehead atoms. The van der Waals surface area contributed by atoms with E-state index in [0.717, 1.165) is 0 Å². The van der Waals surface area contributed by atoms with E-state index in [4.69, 9.17) is 14.9 Å². The molecule has 0 unspecified atom stereocenters. The van der Waals surface area contributed by atoms with E-state index in [2.05, 4.69) is 47.3 Å². The first-order valence-corrected chi connectivity index (χ1v) is 13.7. The summed E-state index contributed by atoms with van der Waals surface area (Å²) in [5, 5.41) is 38.7. The standard InChI is InChI=1S/C26H23N5O4Si/c1-25-15-6-2-4-8-19(15)36(25,20-9-5-3-7-16(20)25)34-13-26(12-27)23(33)21(32)22(35-26)17-10-11-18-24(28)29-14-30-31(17)18/h2-11,14,21-23,32-33H,13H2,1H3,(H2,28,29,30)/t21-,22-,23-,25?,26+,36?/m0/s1. The third-order valence-corrected chi connectivity index (χ3v) is 13.3. The first kappa shape index (κ1) is 21.7. The first-order chi connectivity index (χ1) is 17.4. The minimum Gasteiger partial charge on any atom is -0.403 e. The smallest absolute Gasteiger partial charge is 0.271 e. The molecule has 7 rings (SSSR count). The highest BCUT2D eigenvalue weighted by atomic mass is 28.4. The van der Waals surface area contributed by atoms with Crippen LogP contribution in [0.4, 0.5) is 5.82 Å². The van der Waals surface area contributed by atoms with Gasteiger partial charge in [-0.15, -0.1) is 0 Å². The van der Waals surface area contributed by atoms with Gasteiger partial charge in [0.2, 0.25) is 5.60 Å². The number of hydrogen-bond donors (Lipinski definition) is 3. The Labute approximate surface area is 207 Å². The van der Waals surface area contributed by atoms with E-state index in [1.54, 1.807) is 12.1 Å². The maximum atomic E-state index is 11.1. The van der Waals surface area contributed by atoms with Crippen LogP contribution in [0.1, 0.15) is 29.8 Å². The number of anilines is 1. The summed E-state index contributed by atoms with van der Waals surface area (Å²) in [7, 11) is -2.67. The van der Waals surface area contributed by atoms with Crippen molar-refractivity contribution < 1.29 is 19.4 Å². The SMILES string of the molecule is CC12c3ccccc3[Si]1(OC[C@@]1(C#N)O[C@@H](c3ccc4c(N)ncnn34)[C@H](O)[C@@H]1O)c1ccccc12. The Balaban J connectivity index is 1.26. The van der Waals surface area contributed by atoms with Crippen molar-refractivity contribution in [1.29, 1.82) is 5.26 Å². The van der Waals surface area contributed by atoms with Crippen LogP contribution in [0.15, 0.2) is 67.0 Å². The van der Waals surface area contributed by atoms with Crippen LogP contribution in [-0.4, -0.2) is 57.5 Å². The first-order valence-electron chi connectivity index (χ1n) is 11.8. The third kappa shape index (κ3) is 2.28. The zero-order valence-corrected chi connectivity index (χ0v) is 20.4. The fraction of sp³-hybridized carbons (Fsp3) is 0.269. The van der Waals surface area contributed by atoms with Crippen molar-refractivity contribution in [2.24, 2.45) is 0 Å². The highest BCUT2D eigenvalue weighted by Gasteiger charge is 2.75. The van der Waals surface area contributed by atoms with Crippen LogP contribution in [0.5, 0.6) is 0 Å². The lowest BCUT2D eigenvalue weighted by atomic mass is 9.88. The maximum Gasteiger partial charge on any atom is 0.271 e. The molecule has 0 saturated carbocycles. The molecule has 5 heterocycles. The molecule has 36 heavy (non-hydrogen) atoms. The molecular weight excluding hydrogens is 474 g/mol. The van der Waals surface area contributed by atoms with Crippen LogP contribution in [-0.2, 0) is 14.2 Å². The average molecular weight is 498 g/mol. The minimum atomic E-state index is -2.67. The Kier molecular flexibility index (Phi) is 4.21. The molecule has 1 saturated heterocycles.